The molecular weight excluding hydrogens is 396 g/mol. The summed E-state index contributed by atoms with van der Waals surface area (Å²) in [4.78, 5) is 0.235. The Bertz CT molecular complexity index is 1030. The normalized spacial score (nSPS) is 11.7. The number of hydrogen-bond acceptors (Lipinski definition) is 6. The monoisotopic (exact) mass is 411 g/mol. The molecular formula is C17H15F2N3O3S2. The summed E-state index contributed by atoms with van der Waals surface area (Å²) in [7, 11) is -1.21. The van der Waals surface area contributed by atoms with Crippen molar-refractivity contribution in [2.75, 3.05) is 7.11 Å². The molecule has 27 heavy (non-hydrogen) atoms. The lowest BCUT2D eigenvalue weighted by Crippen LogP contribution is -2.11. The molecule has 0 bridgehead atoms. The molecule has 0 spiro atoms. The Kier molecular flexibility index (Phi) is 5.47. The Balaban J connectivity index is 1.81. The van der Waals surface area contributed by atoms with E-state index in [2.05, 4.69) is 10.2 Å². The van der Waals surface area contributed by atoms with Crippen molar-refractivity contribution >= 4 is 21.6 Å². The highest BCUT2D eigenvalue weighted by molar-refractivity contribution is 7.99. The predicted molar refractivity (Wildman–Crippen MR) is 96.7 cm³/mol. The van der Waals surface area contributed by atoms with Crippen molar-refractivity contribution in [1.29, 1.82) is 0 Å². The average molecular weight is 411 g/mol. The van der Waals surface area contributed by atoms with Gasteiger partial charge in [-0.15, -0.1) is 10.2 Å². The van der Waals surface area contributed by atoms with E-state index in [0.717, 1.165) is 23.4 Å². The van der Waals surface area contributed by atoms with Crippen LogP contribution in [0.25, 0.3) is 11.4 Å². The summed E-state index contributed by atoms with van der Waals surface area (Å²) in [5, 5.41) is 8.88. The van der Waals surface area contributed by atoms with Crippen LogP contribution in [0.3, 0.4) is 0 Å². The van der Waals surface area contributed by atoms with Crippen LogP contribution in [-0.4, -0.2) is 36.0 Å². The Morgan fingerprint density at radius 2 is 1.67 bits per heavy atom. The van der Waals surface area contributed by atoms with Crippen LogP contribution in [0.15, 0.2) is 63.5 Å². The minimum absolute atomic E-state index is 0.418. The first kappa shape index (κ1) is 19.3. The second-order valence-corrected chi connectivity index (χ2v) is 8.43. The maximum absolute atomic E-state index is 12.6. The van der Waals surface area contributed by atoms with Crippen molar-refractivity contribution in [2.45, 2.75) is 20.7 Å². The van der Waals surface area contributed by atoms with E-state index < -0.39 is 20.5 Å². The SMILES string of the molecule is COc1ccc(-c2nnc(Sc3ccc(S(=O)(=O)C(F)F)cc3)n2C)cc1. The number of rotatable bonds is 6. The molecule has 0 saturated heterocycles. The first-order valence-electron chi connectivity index (χ1n) is 7.66. The lowest BCUT2D eigenvalue weighted by atomic mass is 10.2. The highest BCUT2D eigenvalue weighted by Gasteiger charge is 2.26. The number of alkyl halides is 2. The molecule has 0 atom stereocenters. The molecule has 0 aliphatic heterocycles. The van der Waals surface area contributed by atoms with E-state index in [4.69, 9.17) is 4.74 Å². The van der Waals surface area contributed by atoms with Gasteiger partial charge in [0.05, 0.1) is 12.0 Å². The van der Waals surface area contributed by atoms with Crippen LogP contribution >= 0.6 is 11.8 Å². The number of hydrogen-bond donors (Lipinski definition) is 0. The zero-order valence-corrected chi connectivity index (χ0v) is 16.0. The fourth-order valence-corrected chi connectivity index (χ4v) is 3.81. The minimum atomic E-state index is -4.60. The number of ether oxygens (including phenoxy) is 1. The molecule has 3 aromatic rings. The Morgan fingerprint density at radius 1 is 1.04 bits per heavy atom. The Hall–Kier alpha value is -2.46. The maximum atomic E-state index is 12.6. The topological polar surface area (TPSA) is 74.1 Å². The van der Waals surface area contributed by atoms with Gasteiger partial charge in [-0.1, -0.05) is 0 Å². The van der Waals surface area contributed by atoms with Crippen LogP contribution in [0.1, 0.15) is 0 Å². The molecule has 2 aromatic carbocycles. The molecule has 6 nitrogen and oxygen atoms in total. The van der Waals surface area contributed by atoms with Gasteiger partial charge >= 0.3 is 5.76 Å². The molecule has 0 amide bonds. The molecule has 0 saturated carbocycles. The first-order chi connectivity index (χ1) is 12.8. The van der Waals surface area contributed by atoms with Gasteiger partial charge in [-0.25, -0.2) is 8.42 Å². The molecule has 0 unspecified atom stereocenters. The Labute approximate surface area is 159 Å². The summed E-state index contributed by atoms with van der Waals surface area (Å²) in [6.45, 7) is 0. The van der Waals surface area contributed by atoms with E-state index >= 15 is 0 Å². The summed E-state index contributed by atoms with van der Waals surface area (Å²) < 4.78 is 55.0. The fourth-order valence-electron chi connectivity index (χ4n) is 2.30. The summed E-state index contributed by atoms with van der Waals surface area (Å²) in [5.41, 5.74) is 0.857. The van der Waals surface area contributed by atoms with Gasteiger partial charge < -0.3 is 9.30 Å². The van der Waals surface area contributed by atoms with Crippen molar-refractivity contribution in [2.24, 2.45) is 7.05 Å². The van der Waals surface area contributed by atoms with Crippen LogP contribution in [0.2, 0.25) is 0 Å². The zero-order valence-electron chi connectivity index (χ0n) is 14.3. The van der Waals surface area contributed by atoms with Gasteiger partial charge in [-0.05, 0) is 60.3 Å². The summed E-state index contributed by atoms with van der Waals surface area (Å²) in [5.74, 6) is -2.06. The number of halogens is 2. The van der Waals surface area contributed by atoms with E-state index in [0.29, 0.717) is 15.9 Å². The summed E-state index contributed by atoms with van der Waals surface area (Å²) in [6.07, 6.45) is 0. The van der Waals surface area contributed by atoms with E-state index in [1.54, 1.807) is 18.7 Å². The molecule has 10 heteroatoms. The zero-order chi connectivity index (χ0) is 19.6. The standard InChI is InChI=1S/C17H15F2N3O3S2/c1-22-15(11-3-5-12(25-2)6-4-11)20-21-17(22)26-13-7-9-14(10-8-13)27(23,24)16(18)19/h3-10,16H,1-2H3. The van der Waals surface area contributed by atoms with E-state index in [1.165, 1.54) is 23.9 Å². The highest BCUT2D eigenvalue weighted by Crippen LogP contribution is 2.30. The van der Waals surface area contributed by atoms with E-state index in [-0.39, 0.29) is 0 Å². The second kappa shape index (κ2) is 7.65. The largest absolute Gasteiger partial charge is 0.497 e. The van der Waals surface area contributed by atoms with E-state index in [9.17, 15) is 17.2 Å². The lowest BCUT2D eigenvalue weighted by Gasteiger charge is -2.06. The van der Waals surface area contributed by atoms with Crippen molar-refractivity contribution in [3.05, 3.63) is 48.5 Å². The average Bonchev–Trinajstić information content (AvgIpc) is 3.02. The third kappa shape index (κ3) is 3.96. The van der Waals surface area contributed by atoms with Gasteiger partial charge in [0.25, 0.3) is 0 Å². The van der Waals surface area contributed by atoms with Crippen molar-refractivity contribution < 1.29 is 21.9 Å². The number of nitrogens with zero attached hydrogens (tertiary/aromatic N) is 3. The second-order valence-electron chi connectivity index (χ2n) is 5.47. The smallest absolute Gasteiger partial charge is 0.341 e. The molecule has 0 fully saturated rings. The summed E-state index contributed by atoms with van der Waals surface area (Å²) >= 11 is 1.25. The number of methoxy groups -OCH3 is 1. The van der Waals surface area contributed by atoms with Gasteiger partial charge in [0, 0.05) is 17.5 Å². The molecule has 3 rings (SSSR count). The van der Waals surface area contributed by atoms with Crippen LogP contribution in [0.4, 0.5) is 8.78 Å². The molecule has 0 radical (unpaired) electrons. The van der Waals surface area contributed by atoms with Gasteiger partial charge in [0.2, 0.25) is 9.84 Å². The minimum Gasteiger partial charge on any atom is -0.497 e. The molecule has 1 aromatic heterocycles. The van der Waals surface area contributed by atoms with Crippen molar-refractivity contribution in [1.82, 2.24) is 14.8 Å². The molecule has 1 heterocycles. The summed E-state index contributed by atoms with van der Waals surface area (Å²) in [6, 6.07) is 12.6. The third-order valence-electron chi connectivity index (χ3n) is 3.78. The highest BCUT2D eigenvalue weighted by atomic mass is 32.2. The lowest BCUT2D eigenvalue weighted by molar-refractivity contribution is 0.234. The molecule has 0 aliphatic rings. The van der Waals surface area contributed by atoms with Crippen molar-refractivity contribution in [3.8, 4) is 17.1 Å². The Morgan fingerprint density at radius 3 is 2.22 bits per heavy atom. The van der Waals surface area contributed by atoms with Crippen LogP contribution < -0.4 is 4.74 Å². The third-order valence-corrected chi connectivity index (χ3v) is 6.22. The van der Waals surface area contributed by atoms with Crippen molar-refractivity contribution in [3.63, 3.8) is 0 Å². The van der Waals surface area contributed by atoms with E-state index in [1.807, 2.05) is 24.3 Å². The number of sulfone groups is 1. The fraction of sp³-hybridized carbons (Fsp3) is 0.176. The van der Waals surface area contributed by atoms with Crippen LogP contribution in [0.5, 0.6) is 5.75 Å². The molecule has 142 valence electrons. The van der Waals surface area contributed by atoms with Gasteiger partial charge in [-0.2, -0.15) is 8.78 Å². The number of benzene rings is 2. The molecule has 0 aliphatic carbocycles. The number of aromatic nitrogens is 3. The molecule has 0 N–H and O–H groups in total. The van der Waals surface area contributed by atoms with Gasteiger partial charge in [0.1, 0.15) is 5.75 Å². The maximum Gasteiger partial charge on any atom is 0.341 e. The van der Waals surface area contributed by atoms with Gasteiger partial charge in [0.15, 0.2) is 11.0 Å². The van der Waals surface area contributed by atoms with Crippen LogP contribution in [0, 0.1) is 0 Å². The van der Waals surface area contributed by atoms with Gasteiger partial charge in [-0.3, -0.25) is 0 Å². The van der Waals surface area contributed by atoms with Crippen LogP contribution in [-0.2, 0) is 16.9 Å². The predicted octanol–water partition coefficient (Wildman–Crippen LogP) is 3.64. The quantitative estimate of drug-likeness (QED) is 0.617. The first-order valence-corrected chi connectivity index (χ1v) is 10.0.